The lowest BCUT2D eigenvalue weighted by Gasteiger charge is -2.10. The van der Waals surface area contributed by atoms with E-state index in [1.165, 1.54) is 23.7 Å². The molecule has 0 fully saturated rings. The lowest BCUT2D eigenvalue weighted by atomic mass is 10.0. The number of halogens is 1. The molecule has 1 aromatic carbocycles. The van der Waals surface area contributed by atoms with Crippen molar-refractivity contribution >= 4 is 11.5 Å². The molecule has 3 nitrogen and oxygen atoms in total. The monoisotopic (exact) mass is 251 g/mol. The average molecular weight is 251 g/mol. The van der Waals surface area contributed by atoms with Gasteiger partial charge in [0, 0.05) is 0 Å². The summed E-state index contributed by atoms with van der Waals surface area (Å²) in [5.74, 6) is -0.253. The van der Waals surface area contributed by atoms with Crippen molar-refractivity contribution < 1.29 is 4.39 Å². The summed E-state index contributed by atoms with van der Waals surface area (Å²) in [6.45, 7) is 2.09. The second kappa shape index (κ2) is 5.33. The van der Waals surface area contributed by atoms with Crippen LogP contribution in [-0.4, -0.2) is 9.59 Å². The molecule has 0 amide bonds. The lowest BCUT2D eigenvalue weighted by molar-refractivity contribution is 0.626. The zero-order valence-electron chi connectivity index (χ0n) is 9.56. The molecular weight excluding hydrogens is 237 g/mol. The largest absolute Gasteiger partial charge is 0.320 e. The third-order valence-corrected chi connectivity index (χ3v) is 3.43. The van der Waals surface area contributed by atoms with Crippen molar-refractivity contribution in [2.24, 2.45) is 5.73 Å². The van der Waals surface area contributed by atoms with E-state index in [0.29, 0.717) is 0 Å². The van der Waals surface area contributed by atoms with Crippen molar-refractivity contribution in [3.63, 3.8) is 0 Å². The van der Waals surface area contributed by atoms with Crippen LogP contribution in [-0.2, 0) is 6.42 Å². The molecule has 0 radical (unpaired) electrons. The van der Waals surface area contributed by atoms with Gasteiger partial charge >= 0.3 is 0 Å². The van der Waals surface area contributed by atoms with Crippen LogP contribution in [0.5, 0.6) is 0 Å². The van der Waals surface area contributed by atoms with E-state index >= 15 is 0 Å². The minimum absolute atomic E-state index is 0.253. The maximum atomic E-state index is 12.8. The number of nitrogens with zero attached hydrogens (tertiary/aromatic N) is 2. The minimum atomic E-state index is -0.267. The first kappa shape index (κ1) is 12.1. The minimum Gasteiger partial charge on any atom is -0.320 e. The van der Waals surface area contributed by atoms with E-state index in [-0.39, 0.29) is 11.9 Å². The topological polar surface area (TPSA) is 51.8 Å². The molecule has 1 atom stereocenters. The zero-order valence-corrected chi connectivity index (χ0v) is 10.4. The molecular formula is C12H14FN3S. The van der Waals surface area contributed by atoms with Gasteiger partial charge in [-0.25, -0.2) is 4.39 Å². The van der Waals surface area contributed by atoms with Crippen molar-refractivity contribution in [2.45, 2.75) is 25.8 Å². The molecule has 0 bridgehead atoms. The van der Waals surface area contributed by atoms with Crippen LogP contribution in [0.4, 0.5) is 4.39 Å². The number of benzene rings is 1. The molecule has 1 heterocycles. The Hall–Kier alpha value is -1.33. The van der Waals surface area contributed by atoms with E-state index in [2.05, 4.69) is 16.5 Å². The van der Waals surface area contributed by atoms with Gasteiger partial charge in [-0.1, -0.05) is 30.0 Å². The van der Waals surface area contributed by atoms with Gasteiger partial charge in [0.25, 0.3) is 0 Å². The quantitative estimate of drug-likeness (QED) is 0.909. The third-order valence-electron chi connectivity index (χ3n) is 2.58. The van der Waals surface area contributed by atoms with Crippen LogP contribution >= 0.6 is 11.5 Å². The van der Waals surface area contributed by atoms with Crippen LogP contribution in [0.1, 0.15) is 35.5 Å². The first-order chi connectivity index (χ1) is 8.22. The molecule has 0 aliphatic rings. The van der Waals surface area contributed by atoms with Gasteiger partial charge in [-0.3, -0.25) is 0 Å². The maximum absolute atomic E-state index is 12.8. The lowest BCUT2D eigenvalue weighted by Crippen LogP contribution is -2.12. The Labute approximate surface area is 104 Å². The Morgan fingerprint density at radius 3 is 2.71 bits per heavy atom. The predicted octanol–water partition coefficient (Wildman–Crippen LogP) is 2.68. The van der Waals surface area contributed by atoms with Crippen LogP contribution in [0.25, 0.3) is 0 Å². The number of hydrogen-bond donors (Lipinski definition) is 1. The molecule has 0 aliphatic carbocycles. The molecule has 17 heavy (non-hydrogen) atoms. The van der Waals surface area contributed by atoms with Gasteiger partial charge < -0.3 is 5.73 Å². The van der Waals surface area contributed by atoms with E-state index in [1.807, 2.05) is 0 Å². The molecule has 0 aliphatic heterocycles. The molecule has 90 valence electrons. The molecule has 1 unspecified atom stereocenters. The predicted molar refractivity (Wildman–Crippen MR) is 66.3 cm³/mol. The molecule has 2 N–H and O–H groups in total. The van der Waals surface area contributed by atoms with E-state index < -0.39 is 0 Å². The maximum Gasteiger partial charge on any atom is 0.123 e. The highest BCUT2D eigenvalue weighted by atomic mass is 32.1. The summed E-state index contributed by atoms with van der Waals surface area (Å²) in [7, 11) is 0. The smallest absolute Gasteiger partial charge is 0.123 e. The molecule has 2 rings (SSSR count). The van der Waals surface area contributed by atoms with Crippen LogP contribution in [0.2, 0.25) is 0 Å². The average Bonchev–Trinajstić information content (AvgIpc) is 2.78. The normalized spacial score (nSPS) is 12.6. The second-order valence-electron chi connectivity index (χ2n) is 3.86. The van der Waals surface area contributed by atoms with Gasteiger partial charge in [-0.2, -0.15) is 0 Å². The third kappa shape index (κ3) is 2.68. The molecule has 0 spiro atoms. The molecule has 0 saturated carbocycles. The Morgan fingerprint density at radius 1 is 1.35 bits per heavy atom. The summed E-state index contributed by atoms with van der Waals surface area (Å²) in [6, 6.07) is 5.98. The fourth-order valence-electron chi connectivity index (χ4n) is 1.68. The summed E-state index contributed by atoms with van der Waals surface area (Å²) >= 11 is 1.32. The first-order valence-electron chi connectivity index (χ1n) is 5.54. The van der Waals surface area contributed by atoms with Crippen molar-refractivity contribution in [2.75, 3.05) is 0 Å². The molecule has 0 saturated heterocycles. The first-order valence-corrected chi connectivity index (χ1v) is 6.32. The number of hydrogen-bond acceptors (Lipinski definition) is 4. The fraction of sp³-hybridized carbons (Fsp3) is 0.333. The van der Waals surface area contributed by atoms with Gasteiger partial charge in [0.05, 0.1) is 16.6 Å². The Kier molecular flexibility index (Phi) is 3.81. The van der Waals surface area contributed by atoms with Gasteiger partial charge in [0.15, 0.2) is 0 Å². The SMILES string of the molecule is CCCc1nnsc1C(N)c1ccc(F)cc1. The number of nitrogens with two attached hydrogens (primary N) is 1. The van der Waals surface area contributed by atoms with Crippen molar-refractivity contribution in [1.82, 2.24) is 9.59 Å². The summed E-state index contributed by atoms with van der Waals surface area (Å²) in [4.78, 5) is 0.971. The van der Waals surface area contributed by atoms with Crippen molar-refractivity contribution in [3.8, 4) is 0 Å². The van der Waals surface area contributed by atoms with Crippen LogP contribution < -0.4 is 5.73 Å². The Morgan fingerprint density at radius 2 is 2.06 bits per heavy atom. The summed E-state index contributed by atoms with van der Waals surface area (Å²) in [6.07, 6.45) is 1.88. The van der Waals surface area contributed by atoms with Crippen molar-refractivity contribution in [3.05, 3.63) is 46.2 Å². The summed E-state index contributed by atoms with van der Waals surface area (Å²) in [5.41, 5.74) is 7.99. The number of rotatable bonds is 4. The van der Waals surface area contributed by atoms with E-state index in [1.54, 1.807) is 12.1 Å². The van der Waals surface area contributed by atoms with Crippen LogP contribution in [0, 0.1) is 5.82 Å². The second-order valence-corrected chi connectivity index (χ2v) is 4.65. The van der Waals surface area contributed by atoms with E-state index in [4.69, 9.17) is 5.73 Å². The van der Waals surface area contributed by atoms with Crippen LogP contribution in [0.15, 0.2) is 24.3 Å². The summed E-state index contributed by atoms with van der Waals surface area (Å²) in [5, 5.41) is 4.08. The molecule has 5 heteroatoms. The van der Waals surface area contributed by atoms with E-state index in [0.717, 1.165) is 29.0 Å². The molecule has 1 aromatic heterocycles. The fourth-order valence-corrected chi connectivity index (χ4v) is 2.41. The zero-order chi connectivity index (χ0) is 12.3. The Balaban J connectivity index is 2.26. The van der Waals surface area contributed by atoms with Gasteiger partial charge in [-0.15, -0.1) is 5.10 Å². The van der Waals surface area contributed by atoms with Crippen LogP contribution in [0.3, 0.4) is 0 Å². The highest BCUT2D eigenvalue weighted by Gasteiger charge is 2.16. The van der Waals surface area contributed by atoms with Gasteiger partial charge in [0.1, 0.15) is 5.82 Å². The van der Waals surface area contributed by atoms with E-state index in [9.17, 15) is 4.39 Å². The molecule has 2 aromatic rings. The Bertz CT molecular complexity index is 481. The summed E-state index contributed by atoms with van der Waals surface area (Å²) < 4.78 is 16.8. The number of aryl methyl sites for hydroxylation is 1. The van der Waals surface area contributed by atoms with Gasteiger partial charge in [-0.05, 0) is 35.6 Å². The standard InChI is InChI=1S/C12H14FN3S/c1-2-3-10-12(17-16-15-10)11(14)8-4-6-9(13)7-5-8/h4-7,11H,2-3,14H2,1H3. The highest BCUT2D eigenvalue weighted by molar-refractivity contribution is 7.05. The number of aromatic nitrogens is 2. The van der Waals surface area contributed by atoms with Crippen molar-refractivity contribution in [1.29, 1.82) is 0 Å². The highest BCUT2D eigenvalue weighted by Crippen LogP contribution is 2.25. The van der Waals surface area contributed by atoms with Gasteiger partial charge in [0.2, 0.25) is 0 Å².